The maximum atomic E-state index is 13.3. The van der Waals surface area contributed by atoms with Crippen molar-refractivity contribution < 1.29 is 13.5 Å². The summed E-state index contributed by atoms with van der Waals surface area (Å²) in [6.07, 6.45) is 2.84. The number of hydrazone groups is 2. The molecule has 0 bridgehead atoms. The number of anilines is 4. The van der Waals surface area contributed by atoms with Crippen LogP contribution in [0.2, 0.25) is 10.0 Å². The Morgan fingerprint density at radius 2 is 1.38 bits per heavy atom. The van der Waals surface area contributed by atoms with Gasteiger partial charge in [-0.25, -0.2) is 14.2 Å². The largest absolute Gasteiger partial charge is 0.495 e. The van der Waals surface area contributed by atoms with E-state index in [0.717, 1.165) is 0 Å². The SMILES string of the molecule is COc1ccccc1Nc1cc(NN=Cc2ccc(F)cc2Cl)nc(NN=Cc2ccc(F)cc2Cl)n1. The number of nitrogens with one attached hydrogen (secondary N) is 3. The molecule has 0 aliphatic carbocycles. The predicted molar refractivity (Wildman–Crippen MR) is 144 cm³/mol. The number of hydrogen-bond donors (Lipinski definition) is 3. The molecule has 12 heteroatoms. The van der Waals surface area contributed by atoms with Gasteiger partial charge in [-0.3, -0.25) is 5.43 Å². The van der Waals surface area contributed by atoms with E-state index in [1.165, 1.54) is 48.8 Å². The number of rotatable bonds is 9. The van der Waals surface area contributed by atoms with Crippen LogP contribution in [0.1, 0.15) is 11.1 Å². The highest BCUT2D eigenvalue weighted by atomic mass is 35.5. The molecule has 3 N–H and O–H groups in total. The van der Waals surface area contributed by atoms with Crippen LogP contribution < -0.4 is 20.9 Å². The summed E-state index contributed by atoms with van der Waals surface area (Å²) < 4.78 is 32.0. The molecule has 8 nitrogen and oxygen atoms in total. The summed E-state index contributed by atoms with van der Waals surface area (Å²) in [6.45, 7) is 0. The first kappa shape index (κ1) is 25.8. The molecular weight excluding hydrogens is 523 g/mol. The summed E-state index contributed by atoms with van der Waals surface area (Å²) >= 11 is 12.1. The monoisotopic (exact) mass is 541 g/mol. The number of para-hydroxylation sites is 2. The number of methoxy groups -OCH3 is 1. The number of aromatic nitrogens is 2. The predicted octanol–water partition coefficient (Wildman–Crippen LogP) is 6.71. The second-order valence-corrected chi connectivity index (χ2v) is 8.17. The second kappa shape index (κ2) is 12.1. The molecule has 0 atom stereocenters. The zero-order valence-electron chi connectivity index (χ0n) is 19.2. The van der Waals surface area contributed by atoms with E-state index in [9.17, 15) is 8.78 Å². The average Bonchev–Trinajstić information content (AvgIpc) is 2.87. The van der Waals surface area contributed by atoms with Gasteiger partial charge in [-0.2, -0.15) is 20.2 Å². The Kier molecular flexibility index (Phi) is 8.44. The molecule has 4 aromatic rings. The first-order valence-electron chi connectivity index (χ1n) is 10.7. The molecule has 0 saturated carbocycles. The smallest absolute Gasteiger partial charge is 0.247 e. The molecule has 0 aliphatic rings. The average molecular weight is 542 g/mol. The number of halogens is 4. The van der Waals surface area contributed by atoms with Crippen LogP contribution >= 0.6 is 23.2 Å². The van der Waals surface area contributed by atoms with Gasteiger partial charge in [0.15, 0.2) is 5.82 Å². The zero-order valence-corrected chi connectivity index (χ0v) is 20.7. The number of ether oxygens (including phenoxy) is 1. The molecule has 3 aromatic carbocycles. The Balaban J connectivity index is 1.58. The third-order valence-corrected chi connectivity index (χ3v) is 5.43. The number of nitrogens with zero attached hydrogens (tertiary/aromatic N) is 4. The molecule has 0 radical (unpaired) electrons. The first-order chi connectivity index (χ1) is 17.9. The summed E-state index contributed by atoms with van der Waals surface area (Å²) in [6, 6.07) is 16.8. The highest BCUT2D eigenvalue weighted by molar-refractivity contribution is 6.33. The molecule has 0 unspecified atom stereocenters. The van der Waals surface area contributed by atoms with Crippen LogP contribution in [0.4, 0.5) is 32.1 Å². The van der Waals surface area contributed by atoms with Gasteiger partial charge >= 0.3 is 0 Å². The fraction of sp³-hybridized carbons (Fsp3) is 0.0400. The molecular formula is C25H19Cl2F2N7O. The Labute approximate surface area is 221 Å². The Morgan fingerprint density at radius 1 is 0.784 bits per heavy atom. The lowest BCUT2D eigenvalue weighted by Crippen LogP contribution is -2.04. The van der Waals surface area contributed by atoms with E-state index in [4.69, 9.17) is 27.9 Å². The van der Waals surface area contributed by atoms with E-state index in [1.54, 1.807) is 19.2 Å². The van der Waals surface area contributed by atoms with E-state index < -0.39 is 11.6 Å². The maximum Gasteiger partial charge on any atom is 0.247 e. The Morgan fingerprint density at radius 3 is 2.00 bits per heavy atom. The summed E-state index contributed by atoms with van der Waals surface area (Å²) in [5.74, 6) is 0.529. The number of hydrogen-bond acceptors (Lipinski definition) is 8. The van der Waals surface area contributed by atoms with E-state index in [-0.39, 0.29) is 16.0 Å². The van der Waals surface area contributed by atoms with Crippen LogP contribution in [0, 0.1) is 11.6 Å². The van der Waals surface area contributed by atoms with E-state index in [1.807, 2.05) is 18.2 Å². The van der Waals surface area contributed by atoms with Crippen molar-refractivity contribution in [2.45, 2.75) is 0 Å². The van der Waals surface area contributed by atoms with Crippen LogP contribution in [-0.2, 0) is 0 Å². The van der Waals surface area contributed by atoms with E-state index in [0.29, 0.717) is 34.2 Å². The third kappa shape index (κ3) is 7.12. The molecule has 0 spiro atoms. The van der Waals surface area contributed by atoms with Crippen molar-refractivity contribution in [1.82, 2.24) is 9.97 Å². The van der Waals surface area contributed by atoms with Crippen molar-refractivity contribution in [3.05, 3.63) is 99.5 Å². The Bertz CT molecular complexity index is 1390. The summed E-state index contributed by atoms with van der Waals surface area (Å²) in [5, 5.41) is 11.8. The normalized spacial score (nSPS) is 11.2. The third-order valence-electron chi connectivity index (χ3n) is 4.77. The highest BCUT2D eigenvalue weighted by Crippen LogP contribution is 2.27. The van der Waals surface area contributed by atoms with Gasteiger partial charge in [0.05, 0.1) is 35.3 Å². The summed E-state index contributed by atoms with van der Waals surface area (Å²) in [5.41, 5.74) is 7.19. The standard InChI is InChI=1S/C25H19Cl2F2N7O/c1-37-22-5-3-2-4-21(22)32-23-12-24(35-30-13-15-6-8-17(28)10-19(15)26)34-25(33-23)36-31-14-16-7-9-18(29)11-20(16)27/h2-14H,1H3,(H3,32,33,34,35,36). The minimum Gasteiger partial charge on any atom is -0.495 e. The lowest BCUT2D eigenvalue weighted by Gasteiger charge is -2.12. The van der Waals surface area contributed by atoms with Gasteiger partial charge in [-0.15, -0.1) is 0 Å². The molecule has 4 rings (SSSR count). The van der Waals surface area contributed by atoms with Crippen molar-refractivity contribution in [1.29, 1.82) is 0 Å². The van der Waals surface area contributed by atoms with Crippen LogP contribution in [0.25, 0.3) is 0 Å². The van der Waals surface area contributed by atoms with Gasteiger partial charge in [-0.1, -0.05) is 35.3 Å². The lowest BCUT2D eigenvalue weighted by molar-refractivity contribution is 0.417. The van der Waals surface area contributed by atoms with E-state index >= 15 is 0 Å². The fourth-order valence-corrected chi connectivity index (χ4v) is 3.48. The van der Waals surface area contributed by atoms with Crippen molar-refractivity contribution in [3.8, 4) is 5.75 Å². The van der Waals surface area contributed by atoms with Gasteiger partial charge in [0.2, 0.25) is 5.95 Å². The fourth-order valence-electron chi connectivity index (χ4n) is 3.04. The van der Waals surface area contributed by atoms with Crippen molar-refractivity contribution in [2.75, 3.05) is 23.3 Å². The summed E-state index contributed by atoms with van der Waals surface area (Å²) in [7, 11) is 1.56. The molecule has 0 aliphatic heterocycles. The Hall–Kier alpha value is -4.28. The van der Waals surface area contributed by atoms with Crippen molar-refractivity contribution in [2.24, 2.45) is 10.2 Å². The minimum absolute atomic E-state index is 0.117. The summed E-state index contributed by atoms with van der Waals surface area (Å²) in [4.78, 5) is 8.75. The van der Waals surface area contributed by atoms with Crippen molar-refractivity contribution in [3.63, 3.8) is 0 Å². The molecule has 1 aromatic heterocycles. The molecule has 0 fully saturated rings. The molecule has 0 saturated heterocycles. The maximum absolute atomic E-state index is 13.3. The van der Waals surface area contributed by atoms with Crippen molar-refractivity contribution >= 4 is 58.9 Å². The van der Waals surface area contributed by atoms with E-state index in [2.05, 4.69) is 36.3 Å². The quantitative estimate of drug-likeness (QED) is 0.161. The topological polar surface area (TPSA) is 95.8 Å². The molecule has 37 heavy (non-hydrogen) atoms. The van der Waals surface area contributed by atoms with Crippen LogP contribution in [0.5, 0.6) is 5.75 Å². The van der Waals surface area contributed by atoms with Gasteiger partial charge in [0, 0.05) is 17.2 Å². The lowest BCUT2D eigenvalue weighted by atomic mass is 10.2. The second-order valence-electron chi connectivity index (χ2n) is 7.36. The highest BCUT2D eigenvalue weighted by Gasteiger charge is 2.08. The first-order valence-corrected chi connectivity index (χ1v) is 11.4. The number of benzene rings is 3. The van der Waals surface area contributed by atoms with Gasteiger partial charge in [0.25, 0.3) is 0 Å². The van der Waals surface area contributed by atoms with Crippen LogP contribution in [-0.4, -0.2) is 29.5 Å². The van der Waals surface area contributed by atoms with Gasteiger partial charge in [-0.05, 0) is 48.5 Å². The van der Waals surface area contributed by atoms with Crippen LogP contribution in [0.15, 0.2) is 76.9 Å². The molecule has 188 valence electrons. The minimum atomic E-state index is -0.452. The van der Waals surface area contributed by atoms with Gasteiger partial charge < -0.3 is 10.1 Å². The molecule has 0 amide bonds. The zero-order chi connectivity index (χ0) is 26.2. The molecule has 1 heterocycles. The van der Waals surface area contributed by atoms with Crippen LogP contribution in [0.3, 0.4) is 0 Å². The van der Waals surface area contributed by atoms with Gasteiger partial charge in [0.1, 0.15) is 23.2 Å².